The van der Waals surface area contributed by atoms with E-state index >= 15 is 0 Å². The predicted octanol–water partition coefficient (Wildman–Crippen LogP) is 2.41. The number of amides is 1. The van der Waals surface area contributed by atoms with Crippen molar-refractivity contribution in [1.29, 1.82) is 0 Å². The average molecular weight is 326 g/mol. The zero-order valence-electron chi connectivity index (χ0n) is 13.1. The summed E-state index contributed by atoms with van der Waals surface area (Å²) in [6, 6.07) is 8.13. The van der Waals surface area contributed by atoms with Crippen molar-refractivity contribution in [3.05, 3.63) is 53.3 Å². The van der Waals surface area contributed by atoms with Crippen molar-refractivity contribution >= 4 is 12.2 Å². The second-order valence-corrected chi connectivity index (χ2v) is 5.61. The number of aldehydes is 1. The molecule has 0 unspecified atom stereocenters. The molecule has 6 heteroatoms. The van der Waals surface area contributed by atoms with Crippen molar-refractivity contribution in [3.8, 4) is 11.5 Å². The predicted molar refractivity (Wildman–Crippen MR) is 87.2 cm³/mol. The minimum Gasteiger partial charge on any atom is -0.507 e. The van der Waals surface area contributed by atoms with Gasteiger partial charge in [0.1, 0.15) is 23.8 Å². The number of aromatic hydroxyl groups is 1. The topological polar surface area (TPSA) is 79.7 Å². The molecule has 1 saturated heterocycles. The highest BCUT2D eigenvalue weighted by Gasteiger charge is 2.23. The van der Waals surface area contributed by atoms with Crippen molar-refractivity contribution in [2.24, 2.45) is 0 Å². The van der Waals surface area contributed by atoms with Gasteiger partial charge in [-0.25, -0.2) is 0 Å². The number of aromatic nitrogens is 1. The summed E-state index contributed by atoms with van der Waals surface area (Å²) in [6.45, 7) is 1.59. The summed E-state index contributed by atoms with van der Waals surface area (Å²) in [5.41, 5.74) is 1.11. The van der Waals surface area contributed by atoms with Crippen LogP contribution in [0, 0.1) is 0 Å². The van der Waals surface area contributed by atoms with E-state index in [1.54, 1.807) is 35.4 Å². The highest BCUT2D eigenvalue weighted by atomic mass is 16.5. The Balaban J connectivity index is 1.80. The van der Waals surface area contributed by atoms with Crippen LogP contribution in [0.15, 0.2) is 36.5 Å². The van der Waals surface area contributed by atoms with Crippen LogP contribution in [0.1, 0.15) is 39.3 Å². The maximum Gasteiger partial charge on any atom is 0.272 e. The molecule has 0 radical (unpaired) electrons. The summed E-state index contributed by atoms with van der Waals surface area (Å²) in [4.78, 5) is 29.7. The van der Waals surface area contributed by atoms with Crippen molar-refractivity contribution < 1.29 is 19.4 Å². The molecule has 1 fully saturated rings. The molecular weight excluding hydrogens is 308 g/mol. The molecule has 2 aromatic rings. The minimum atomic E-state index is -0.137. The highest BCUT2D eigenvalue weighted by molar-refractivity contribution is 5.93. The van der Waals surface area contributed by atoms with Gasteiger partial charge in [0.15, 0.2) is 6.29 Å². The maximum absolute atomic E-state index is 12.6. The molecule has 24 heavy (non-hydrogen) atoms. The van der Waals surface area contributed by atoms with Crippen LogP contribution in [0.4, 0.5) is 0 Å². The zero-order valence-corrected chi connectivity index (χ0v) is 13.1. The maximum atomic E-state index is 12.6. The van der Waals surface area contributed by atoms with Crippen LogP contribution in [0.2, 0.25) is 0 Å². The van der Waals surface area contributed by atoms with E-state index in [1.165, 1.54) is 6.07 Å². The van der Waals surface area contributed by atoms with Gasteiger partial charge < -0.3 is 14.7 Å². The molecule has 2 heterocycles. The normalized spacial score (nSPS) is 13.8. The minimum absolute atomic E-state index is 0.0903. The Kier molecular flexibility index (Phi) is 4.74. The molecule has 1 aromatic heterocycles. The Morgan fingerprint density at radius 3 is 2.79 bits per heavy atom. The molecule has 6 nitrogen and oxygen atoms in total. The molecule has 0 bridgehead atoms. The van der Waals surface area contributed by atoms with Gasteiger partial charge in [-0.05, 0) is 31.0 Å². The Morgan fingerprint density at radius 2 is 2.04 bits per heavy atom. The van der Waals surface area contributed by atoms with E-state index < -0.39 is 0 Å². The Bertz CT molecular complexity index is 754. The van der Waals surface area contributed by atoms with Crippen molar-refractivity contribution in [2.75, 3.05) is 13.1 Å². The van der Waals surface area contributed by atoms with Gasteiger partial charge in [-0.15, -0.1) is 0 Å². The summed E-state index contributed by atoms with van der Waals surface area (Å²) in [5.74, 6) is 0.0358. The molecule has 0 atom stereocenters. The third kappa shape index (κ3) is 3.22. The van der Waals surface area contributed by atoms with Gasteiger partial charge in [-0.2, -0.15) is 0 Å². The number of nitrogens with zero attached hydrogens (tertiary/aromatic N) is 2. The smallest absolute Gasteiger partial charge is 0.272 e. The first-order valence-electron chi connectivity index (χ1n) is 7.84. The number of ether oxygens (including phenoxy) is 1. The molecule has 1 aromatic carbocycles. The Labute approximate surface area is 139 Å². The van der Waals surface area contributed by atoms with Crippen LogP contribution in [0.3, 0.4) is 0 Å². The molecular formula is C18H18N2O4. The number of benzene rings is 1. The number of hydrogen-bond acceptors (Lipinski definition) is 5. The molecule has 0 spiro atoms. The fraction of sp³-hybridized carbons (Fsp3) is 0.278. The lowest BCUT2D eigenvalue weighted by Gasteiger charge is -2.17. The van der Waals surface area contributed by atoms with Gasteiger partial charge in [-0.1, -0.05) is 12.1 Å². The molecule has 1 amide bonds. The van der Waals surface area contributed by atoms with Gasteiger partial charge >= 0.3 is 0 Å². The lowest BCUT2D eigenvalue weighted by molar-refractivity contribution is 0.0783. The van der Waals surface area contributed by atoms with Crippen molar-refractivity contribution in [2.45, 2.75) is 19.4 Å². The summed E-state index contributed by atoms with van der Waals surface area (Å²) in [7, 11) is 0. The van der Waals surface area contributed by atoms with E-state index in [4.69, 9.17) is 4.74 Å². The van der Waals surface area contributed by atoms with E-state index in [9.17, 15) is 14.7 Å². The molecule has 1 N–H and O–H groups in total. The van der Waals surface area contributed by atoms with Crippen LogP contribution >= 0.6 is 0 Å². The number of hydrogen-bond donors (Lipinski definition) is 1. The first kappa shape index (κ1) is 16.0. The average Bonchev–Trinajstić information content (AvgIpc) is 3.14. The van der Waals surface area contributed by atoms with Gasteiger partial charge in [0.25, 0.3) is 5.91 Å². The van der Waals surface area contributed by atoms with Crippen LogP contribution in [0.5, 0.6) is 11.5 Å². The lowest BCUT2D eigenvalue weighted by atomic mass is 10.1. The summed E-state index contributed by atoms with van der Waals surface area (Å²) >= 11 is 0. The van der Waals surface area contributed by atoms with E-state index in [1.807, 2.05) is 0 Å². The molecule has 124 valence electrons. The molecule has 1 aliphatic heterocycles. The fourth-order valence-electron chi connectivity index (χ4n) is 2.75. The van der Waals surface area contributed by atoms with Gasteiger partial charge in [0.2, 0.25) is 0 Å². The number of likely N-dealkylation sites (tertiary alicyclic amines) is 1. The SMILES string of the molecule is O=Cc1c(O)cccc1OCc1cccnc1C(=O)N1CCCC1. The first-order valence-corrected chi connectivity index (χ1v) is 7.84. The fourth-order valence-corrected chi connectivity index (χ4v) is 2.75. The Morgan fingerprint density at radius 1 is 1.25 bits per heavy atom. The van der Waals surface area contributed by atoms with Crippen LogP contribution in [0.25, 0.3) is 0 Å². The van der Waals surface area contributed by atoms with Gasteiger partial charge in [-0.3, -0.25) is 14.6 Å². The summed E-state index contributed by atoms with van der Waals surface area (Å²) in [5, 5.41) is 9.69. The number of rotatable bonds is 5. The van der Waals surface area contributed by atoms with Gasteiger partial charge in [0, 0.05) is 24.8 Å². The van der Waals surface area contributed by atoms with Crippen LogP contribution in [-0.2, 0) is 6.61 Å². The largest absolute Gasteiger partial charge is 0.507 e. The van der Waals surface area contributed by atoms with Crippen LogP contribution in [-0.4, -0.2) is 40.3 Å². The van der Waals surface area contributed by atoms with Crippen molar-refractivity contribution in [1.82, 2.24) is 9.88 Å². The first-order chi connectivity index (χ1) is 11.7. The second kappa shape index (κ2) is 7.12. The van der Waals surface area contributed by atoms with Crippen LogP contribution < -0.4 is 4.74 Å². The van der Waals surface area contributed by atoms with E-state index in [0.717, 1.165) is 25.9 Å². The van der Waals surface area contributed by atoms with E-state index in [2.05, 4.69) is 4.98 Å². The monoisotopic (exact) mass is 326 g/mol. The zero-order chi connectivity index (χ0) is 16.9. The number of phenols is 1. The quantitative estimate of drug-likeness (QED) is 0.854. The third-order valence-electron chi connectivity index (χ3n) is 4.03. The lowest BCUT2D eigenvalue weighted by Crippen LogP contribution is -2.29. The molecule has 3 rings (SSSR count). The van der Waals surface area contributed by atoms with E-state index in [0.29, 0.717) is 17.5 Å². The molecule has 1 aliphatic rings. The third-order valence-corrected chi connectivity index (χ3v) is 4.03. The van der Waals surface area contributed by atoms with E-state index in [-0.39, 0.29) is 29.6 Å². The summed E-state index contributed by atoms with van der Waals surface area (Å²) < 4.78 is 5.65. The number of carbonyl (C=O) groups is 2. The molecule has 0 aliphatic carbocycles. The van der Waals surface area contributed by atoms with Crippen molar-refractivity contribution in [3.63, 3.8) is 0 Å². The number of carbonyl (C=O) groups excluding carboxylic acids is 2. The second-order valence-electron chi connectivity index (χ2n) is 5.61. The highest BCUT2D eigenvalue weighted by Crippen LogP contribution is 2.26. The standard InChI is InChI=1S/C18H18N2O4/c21-11-14-15(22)6-3-7-16(14)24-12-13-5-4-8-19-17(13)18(23)20-9-1-2-10-20/h3-8,11,22H,1-2,9-10,12H2. The Hall–Kier alpha value is -2.89. The summed E-state index contributed by atoms with van der Waals surface area (Å²) in [6.07, 6.45) is 4.15. The molecule has 0 saturated carbocycles. The van der Waals surface area contributed by atoms with Gasteiger partial charge in [0.05, 0.1) is 5.56 Å². The number of pyridine rings is 1. The number of phenolic OH excluding ortho intramolecular Hbond substituents is 1.